The molecule has 2 aromatic rings. The van der Waals surface area contributed by atoms with Crippen LogP contribution in [-0.2, 0) is 4.79 Å². The van der Waals surface area contributed by atoms with Gasteiger partial charge in [-0.1, -0.05) is 40.9 Å². The molecule has 0 spiro atoms. The van der Waals surface area contributed by atoms with E-state index in [1.54, 1.807) is 6.07 Å². The molecule has 0 aliphatic heterocycles. The van der Waals surface area contributed by atoms with Crippen LogP contribution in [0.2, 0.25) is 15.1 Å². The van der Waals surface area contributed by atoms with Crippen LogP contribution in [0.4, 0.5) is 5.69 Å². The SMILES string of the molecule is N#C/C(=C/c1ccc(O)c(Cl)c1)C(=O)Nc1ccc(Cl)c(Cl)c1. The van der Waals surface area contributed by atoms with Gasteiger partial charge in [0.25, 0.3) is 5.91 Å². The van der Waals surface area contributed by atoms with Gasteiger partial charge in [-0.15, -0.1) is 0 Å². The van der Waals surface area contributed by atoms with Crippen LogP contribution < -0.4 is 5.32 Å². The molecule has 0 fully saturated rings. The number of hydrogen-bond donors (Lipinski definition) is 2. The zero-order valence-corrected chi connectivity index (χ0v) is 13.7. The highest BCUT2D eigenvalue weighted by molar-refractivity contribution is 6.42. The van der Waals surface area contributed by atoms with Gasteiger partial charge in [0.2, 0.25) is 0 Å². The van der Waals surface area contributed by atoms with Crippen molar-refractivity contribution in [1.29, 1.82) is 5.26 Å². The summed E-state index contributed by atoms with van der Waals surface area (Å²) in [5.41, 5.74) is 0.792. The van der Waals surface area contributed by atoms with Crippen molar-refractivity contribution in [3.63, 3.8) is 0 Å². The van der Waals surface area contributed by atoms with Crippen molar-refractivity contribution in [2.75, 3.05) is 5.32 Å². The summed E-state index contributed by atoms with van der Waals surface area (Å²) < 4.78 is 0. The smallest absolute Gasteiger partial charge is 0.266 e. The van der Waals surface area contributed by atoms with Gasteiger partial charge >= 0.3 is 0 Å². The van der Waals surface area contributed by atoms with Crippen molar-refractivity contribution >= 4 is 52.5 Å². The van der Waals surface area contributed by atoms with E-state index in [4.69, 9.17) is 40.1 Å². The van der Waals surface area contributed by atoms with Crippen LogP contribution >= 0.6 is 34.8 Å². The van der Waals surface area contributed by atoms with Crippen molar-refractivity contribution in [2.45, 2.75) is 0 Å². The molecule has 0 saturated carbocycles. The van der Waals surface area contributed by atoms with E-state index < -0.39 is 5.91 Å². The second-order valence-corrected chi connectivity index (χ2v) is 5.69. The van der Waals surface area contributed by atoms with E-state index in [1.807, 2.05) is 6.07 Å². The van der Waals surface area contributed by atoms with Crippen molar-refractivity contribution in [3.8, 4) is 11.8 Å². The number of anilines is 1. The average molecular weight is 368 g/mol. The zero-order chi connectivity index (χ0) is 17.0. The quantitative estimate of drug-likeness (QED) is 0.598. The third-order valence-corrected chi connectivity index (χ3v) is 3.87. The molecule has 0 atom stereocenters. The van der Waals surface area contributed by atoms with Crippen LogP contribution in [0.1, 0.15) is 5.56 Å². The number of halogens is 3. The summed E-state index contributed by atoms with van der Waals surface area (Å²) in [7, 11) is 0. The molecule has 0 aliphatic rings. The fourth-order valence-electron chi connectivity index (χ4n) is 1.70. The number of nitrogens with zero attached hydrogens (tertiary/aromatic N) is 1. The number of aromatic hydroxyl groups is 1. The number of hydrogen-bond acceptors (Lipinski definition) is 3. The Kier molecular flexibility index (Phi) is 5.51. The third-order valence-electron chi connectivity index (χ3n) is 2.83. The standard InChI is InChI=1S/C16H9Cl3N2O2/c17-12-3-2-11(7-13(12)18)21-16(23)10(8-20)5-9-1-4-15(22)14(19)6-9/h1-7,22H,(H,21,23)/b10-5-. The Morgan fingerprint density at radius 1 is 1.09 bits per heavy atom. The largest absolute Gasteiger partial charge is 0.506 e. The maximum absolute atomic E-state index is 12.1. The molecule has 0 aromatic heterocycles. The van der Waals surface area contributed by atoms with Crippen molar-refractivity contribution < 1.29 is 9.90 Å². The molecule has 0 saturated heterocycles. The average Bonchev–Trinajstić information content (AvgIpc) is 2.52. The number of carbonyl (C=O) groups excluding carboxylic acids is 1. The molecule has 0 aliphatic carbocycles. The number of benzene rings is 2. The molecule has 0 bridgehead atoms. The number of rotatable bonds is 3. The minimum Gasteiger partial charge on any atom is -0.506 e. The third kappa shape index (κ3) is 4.40. The number of phenols is 1. The van der Waals surface area contributed by atoms with E-state index in [9.17, 15) is 9.90 Å². The van der Waals surface area contributed by atoms with Crippen molar-refractivity contribution in [3.05, 3.63) is 62.6 Å². The Morgan fingerprint density at radius 3 is 2.43 bits per heavy atom. The predicted octanol–water partition coefficient (Wildman–Crippen LogP) is 4.90. The first-order valence-electron chi connectivity index (χ1n) is 6.27. The van der Waals surface area contributed by atoms with Gasteiger partial charge in [-0.25, -0.2) is 0 Å². The molecule has 0 heterocycles. The van der Waals surface area contributed by atoms with Gasteiger partial charge in [0.1, 0.15) is 17.4 Å². The molecule has 2 rings (SSSR count). The van der Waals surface area contributed by atoms with E-state index in [2.05, 4.69) is 5.32 Å². The molecule has 4 nitrogen and oxygen atoms in total. The summed E-state index contributed by atoms with van der Waals surface area (Å²) in [6.07, 6.45) is 1.36. The summed E-state index contributed by atoms with van der Waals surface area (Å²) in [5, 5.41) is 21.8. The Bertz CT molecular complexity index is 842. The van der Waals surface area contributed by atoms with E-state index in [1.165, 1.54) is 36.4 Å². The Labute approximate surface area is 147 Å². The maximum Gasteiger partial charge on any atom is 0.266 e. The molecule has 0 unspecified atom stereocenters. The minimum absolute atomic E-state index is 0.0809. The number of amides is 1. The van der Waals surface area contributed by atoms with E-state index >= 15 is 0 Å². The highest BCUT2D eigenvalue weighted by Crippen LogP contribution is 2.26. The molecule has 2 N–H and O–H groups in total. The van der Waals surface area contributed by atoms with Crippen LogP contribution in [0.25, 0.3) is 6.08 Å². The second-order valence-electron chi connectivity index (χ2n) is 4.46. The fourth-order valence-corrected chi connectivity index (χ4v) is 2.19. The van der Waals surface area contributed by atoms with Crippen molar-refractivity contribution in [2.24, 2.45) is 0 Å². The first-order valence-corrected chi connectivity index (χ1v) is 7.41. The van der Waals surface area contributed by atoms with Gasteiger partial charge in [0.15, 0.2) is 0 Å². The lowest BCUT2D eigenvalue weighted by atomic mass is 10.1. The van der Waals surface area contributed by atoms with Crippen molar-refractivity contribution in [1.82, 2.24) is 0 Å². The van der Waals surface area contributed by atoms with Crippen LogP contribution in [-0.4, -0.2) is 11.0 Å². The van der Waals surface area contributed by atoms with E-state index in [0.29, 0.717) is 16.3 Å². The number of carbonyl (C=O) groups is 1. The van der Waals surface area contributed by atoms with Crippen LogP contribution in [0.5, 0.6) is 5.75 Å². The summed E-state index contributed by atoms with van der Waals surface area (Å²) in [5.74, 6) is -0.683. The number of nitrogens with one attached hydrogen (secondary N) is 1. The van der Waals surface area contributed by atoms with Gasteiger partial charge in [-0.3, -0.25) is 4.79 Å². The minimum atomic E-state index is -0.602. The predicted molar refractivity (Wildman–Crippen MR) is 91.8 cm³/mol. The normalized spacial score (nSPS) is 11.0. The fraction of sp³-hybridized carbons (Fsp3) is 0. The summed E-state index contributed by atoms with van der Waals surface area (Å²) in [6.45, 7) is 0. The lowest BCUT2D eigenvalue weighted by molar-refractivity contribution is -0.112. The Balaban J connectivity index is 2.24. The molecule has 2 aromatic carbocycles. The lowest BCUT2D eigenvalue weighted by Crippen LogP contribution is -2.13. The monoisotopic (exact) mass is 366 g/mol. The number of nitriles is 1. The van der Waals surface area contributed by atoms with Gasteiger partial charge in [-0.2, -0.15) is 5.26 Å². The molecule has 7 heteroatoms. The molecular formula is C16H9Cl3N2O2. The zero-order valence-electron chi connectivity index (χ0n) is 11.5. The van der Waals surface area contributed by atoms with Crippen LogP contribution in [0.15, 0.2) is 42.0 Å². The molecular weight excluding hydrogens is 359 g/mol. The van der Waals surface area contributed by atoms with Crippen LogP contribution in [0.3, 0.4) is 0 Å². The molecule has 23 heavy (non-hydrogen) atoms. The summed E-state index contributed by atoms with van der Waals surface area (Å²) in [6, 6.07) is 10.8. The highest BCUT2D eigenvalue weighted by atomic mass is 35.5. The first kappa shape index (κ1) is 17.2. The lowest BCUT2D eigenvalue weighted by Gasteiger charge is -2.06. The molecule has 0 radical (unpaired) electrons. The van der Waals surface area contributed by atoms with Gasteiger partial charge < -0.3 is 10.4 Å². The Morgan fingerprint density at radius 2 is 1.83 bits per heavy atom. The highest BCUT2D eigenvalue weighted by Gasteiger charge is 2.11. The van der Waals surface area contributed by atoms with Crippen LogP contribution in [0, 0.1) is 11.3 Å². The van der Waals surface area contributed by atoms with E-state index in [-0.39, 0.29) is 21.4 Å². The maximum atomic E-state index is 12.1. The molecule has 1 amide bonds. The second kappa shape index (κ2) is 7.38. The summed E-state index contributed by atoms with van der Waals surface area (Å²) >= 11 is 17.5. The van der Waals surface area contributed by atoms with Gasteiger partial charge in [0, 0.05) is 5.69 Å². The Hall–Kier alpha value is -2.19. The molecule has 116 valence electrons. The van der Waals surface area contributed by atoms with Gasteiger partial charge in [0.05, 0.1) is 15.1 Å². The van der Waals surface area contributed by atoms with E-state index in [0.717, 1.165) is 0 Å². The number of phenolic OH excluding ortho intramolecular Hbond substituents is 1. The summed E-state index contributed by atoms with van der Waals surface area (Å²) in [4.78, 5) is 12.1. The topological polar surface area (TPSA) is 73.1 Å². The first-order chi connectivity index (χ1) is 10.9. The van der Waals surface area contributed by atoms with Gasteiger partial charge in [-0.05, 0) is 42.0 Å².